The van der Waals surface area contributed by atoms with Crippen LogP contribution in [-0.4, -0.2) is 9.41 Å². The van der Waals surface area contributed by atoms with Crippen LogP contribution in [0.2, 0.25) is 0 Å². The van der Waals surface area contributed by atoms with Gasteiger partial charge >= 0.3 is 6.30 Å². The summed E-state index contributed by atoms with van der Waals surface area (Å²) in [6.45, 7) is 0. The molecule has 0 aromatic rings. The quantitative estimate of drug-likeness (QED) is 0.404. The monoisotopic (exact) mass is 277 g/mol. The third-order valence-electron chi connectivity index (χ3n) is 1.49. The van der Waals surface area contributed by atoms with Crippen LogP contribution in [0.4, 0.5) is 13.2 Å². The molecule has 0 saturated carbocycles. The van der Waals surface area contributed by atoms with Crippen molar-refractivity contribution in [3.63, 3.8) is 0 Å². The Morgan fingerprint density at radius 1 is 1.45 bits per heavy atom. The zero-order valence-electron chi connectivity index (χ0n) is 5.66. The van der Waals surface area contributed by atoms with Crippen LogP contribution in [-0.2, 0) is 0 Å². The van der Waals surface area contributed by atoms with Crippen molar-refractivity contribution in [2.45, 2.75) is 25.6 Å². The molecule has 0 N–H and O–H groups in total. The summed E-state index contributed by atoms with van der Waals surface area (Å²) in [5.74, 6) is 0. The van der Waals surface area contributed by atoms with E-state index < -0.39 is 6.30 Å². The van der Waals surface area contributed by atoms with E-state index in [1.54, 1.807) is 6.08 Å². The molecule has 1 aliphatic carbocycles. The lowest BCUT2D eigenvalue weighted by Gasteiger charge is -2.20. The van der Waals surface area contributed by atoms with Crippen molar-refractivity contribution >= 4 is 22.9 Å². The molecule has 0 amide bonds. The first-order chi connectivity index (χ1) is 5.02. The maximum absolute atomic E-state index is 12.0. The van der Waals surface area contributed by atoms with Crippen molar-refractivity contribution < 1.29 is 13.2 Å². The van der Waals surface area contributed by atoms with Gasteiger partial charge in [-0.2, -0.15) is 0 Å². The molecule has 0 radical (unpaired) electrons. The molecule has 1 rings (SSSR count). The van der Waals surface area contributed by atoms with Crippen molar-refractivity contribution in [2.24, 2.45) is 0 Å². The number of hydrogen-bond acceptors (Lipinski definition) is 1. The number of nitrogens with zero attached hydrogens (tertiary/aromatic N) is 1. The molecule has 64 valence electrons. The Morgan fingerprint density at radius 2 is 2.09 bits per heavy atom. The summed E-state index contributed by atoms with van der Waals surface area (Å²) in [7, 11) is 0. The molecule has 0 saturated heterocycles. The van der Waals surface area contributed by atoms with Gasteiger partial charge in [-0.25, -0.2) is 3.11 Å². The van der Waals surface area contributed by atoms with Crippen molar-refractivity contribution in [1.29, 1.82) is 0 Å². The van der Waals surface area contributed by atoms with Crippen molar-refractivity contribution in [2.75, 3.05) is 0 Å². The standard InChI is InChI=1S/C6H7F3IN/c7-6(8,9)11(10)5-3-1-2-4-5/h3H,1-2,4H2. The lowest BCUT2D eigenvalue weighted by molar-refractivity contribution is -0.188. The minimum absolute atomic E-state index is 0.359. The summed E-state index contributed by atoms with van der Waals surface area (Å²) in [5, 5.41) is 0. The van der Waals surface area contributed by atoms with Crippen LogP contribution in [0.1, 0.15) is 19.3 Å². The van der Waals surface area contributed by atoms with E-state index in [9.17, 15) is 13.2 Å². The number of allylic oxidation sites excluding steroid dienone is 2. The number of halogens is 4. The van der Waals surface area contributed by atoms with Gasteiger partial charge in [-0.05, 0) is 19.3 Å². The predicted molar refractivity (Wildman–Crippen MR) is 43.8 cm³/mol. The fraction of sp³-hybridized carbons (Fsp3) is 0.667. The van der Waals surface area contributed by atoms with E-state index >= 15 is 0 Å². The Labute approximate surface area is 76.7 Å². The zero-order chi connectivity index (χ0) is 8.48. The molecular formula is C6H7F3IN. The Morgan fingerprint density at radius 3 is 2.45 bits per heavy atom. The third kappa shape index (κ3) is 2.25. The Hall–Kier alpha value is 0.0600. The van der Waals surface area contributed by atoms with E-state index in [4.69, 9.17) is 0 Å². The van der Waals surface area contributed by atoms with Crippen molar-refractivity contribution in [3.8, 4) is 0 Å². The second kappa shape index (κ2) is 3.20. The molecule has 0 spiro atoms. The van der Waals surface area contributed by atoms with E-state index in [-0.39, 0.29) is 0 Å². The van der Waals surface area contributed by atoms with E-state index in [1.807, 2.05) is 0 Å². The van der Waals surface area contributed by atoms with E-state index in [0.717, 1.165) is 12.8 Å². The summed E-state index contributed by atoms with van der Waals surface area (Å²) < 4.78 is 36.3. The minimum atomic E-state index is -4.23. The Kier molecular flexibility index (Phi) is 2.66. The Bertz CT molecular complexity index is 175. The van der Waals surface area contributed by atoms with Gasteiger partial charge in [0.15, 0.2) is 0 Å². The highest BCUT2D eigenvalue weighted by atomic mass is 127. The highest BCUT2D eigenvalue weighted by molar-refractivity contribution is 14.1. The lowest BCUT2D eigenvalue weighted by Crippen LogP contribution is -2.27. The first-order valence-corrected chi connectivity index (χ1v) is 4.20. The molecule has 0 heterocycles. The molecule has 0 aromatic heterocycles. The summed E-state index contributed by atoms with van der Waals surface area (Å²) in [6.07, 6.45) is -0.436. The fourth-order valence-corrected chi connectivity index (χ4v) is 1.43. The third-order valence-corrected chi connectivity index (χ3v) is 2.66. The summed E-state index contributed by atoms with van der Waals surface area (Å²) in [5.41, 5.74) is 0.387. The van der Waals surface area contributed by atoms with Gasteiger partial charge in [-0.1, -0.05) is 6.08 Å². The van der Waals surface area contributed by atoms with Gasteiger partial charge in [0.1, 0.15) is 0 Å². The SMILES string of the molecule is FC(F)(F)N(I)C1=CCCC1. The van der Waals surface area contributed by atoms with E-state index in [1.165, 1.54) is 22.9 Å². The molecule has 11 heavy (non-hydrogen) atoms. The zero-order valence-corrected chi connectivity index (χ0v) is 7.82. The van der Waals surface area contributed by atoms with Gasteiger partial charge in [0.2, 0.25) is 0 Å². The Balaban J connectivity index is 2.60. The topological polar surface area (TPSA) is 3.24 Å². The maximum atomic E-state index is 12.0. The smallest absolute Gasteiger partial charge is 0.228 e. The summed E-state index contributed by atoms with van der Waals surface area (Å²) in [4.78, 5) is 0. The van der Waals surface area contributed by atoms with Gasteiger partial charge in [0.25, 0.3) is 0 Å². The largest absolute Gasteiger partial charge is 0.493 e. The predicted octanol–water partition coefficient (Wildman–Crippen LogP) is 3.23. The number of alkyl halides is 3. The van der Waals surface area contributed by atoms with Crippen LogP contribution < -0.4 is 0 Å². The van der Waals surface area contributed by atoms with Crippen LogP contribution in [0.3, 0.4) is 0 Å². The van der Waals surface area contributed by atoms with Crippen LogP contribution in [0.15, 0.2) is 11.8 Å². The first kappa shape index (κ1) is 9.15. The second-order valence-electron chi connectivity index (χ2n) is 2.34. The highest BCUT2D eigenvalue weighted by Gasteiger charge is 2.37. The maximum Gasteiger partial charge on any atom is 0.493 e. The molecule has 1 nitrogen and oxygen atoms in total. The lowest BCUT2D eigenvalue weighted by atomic mass is 10.3. The van der Waals surface area contributed by atoms with Crippen LogP contribution >= 0.6 is 22.9 Å². The highest BCUT2D eigenvalue weighted by Crippen LogP contribution is 2.34. The molecule has 0 bridgehead atoms. The van der Waals surface area contributed by atoms with Gasteiger partial charge in [-0.15, -0.1) is 13.2 Å². The summed E-state index contributed by atoms with van der Waals surface area (Å²) >= 11 is 1.29. The average Bonchev–Trinajstić information content (AvgIpc) is 2.34. The van der Waals surface area contributed by atoms with Gasteiger partial charge in [-0.3, -0.25) is 0 Å². The van der Waals surface area contributed by atoms with Crippen molar-refractivity contribution in [3.05, 3.63) is 11.8 Å². The number of rotatable bonds is 1. The molecule has 0 atom stereocenters. The van der Waals surface area contributed by atoms with Crippen LogP contribution in [0.25, 0.3) is 0 Å². The average molecular weight is 277 g/mol. The van der Waals surface area contributed by atoms with E-state index in [2.05, 4.69) is 0 Å². The molecule has 5 heteroatoms. The van der Waals surface area contributed by atoms with Gasteiger partial charge < -0.3 is 0 Å². The molecule has 0 fully saturated rings. The summed E-state index contributed by atoms with van der Waals surface area (Å²) in [6, 6.07) is 0. The molecule has 1 aliphatic rings. The minimum Gasteiger partial charge on any atom is -0.228 e. The van der Waals surface area contributed by atoms with Gasteiger partial charge in [0.05, 0.1) is 22.9 Å². The van der Waals surface area contributed by atoms with Gasteiger partial charge in [0, 0.05) is 5.70 Å². The molecular weight excluding hydrogens is 270 g/mol. The van der Waals surface area contributed by atoms with E-state index in [0.29, 0.717) is 15.2 Å². The molecule has 0 aromatic carbocycles. The normalized spacial score (nSPS) is 18.4. The molecule has 0 aliphatic heterocycles. The van der Waals surface area contributed by atoms with Crippen LogP contribution in [0.5, 0.6) is 0 Å². The van der Waals surface area contributed by atoms with Crippen molar-refractivity contribution in [1.82, 2.24) is 3.11 Å². The second-order valence-corrected chi connectivity index (χ2v) is 3.30. The fourth-order valence-electron chi connectivity index (χ4n) is 0.995. The number of hydrogen-bond donors (Lipinski definition) is 0. The molecule has 0 unspecified atom stereocenters. The van der Waals surface area contributed by atoms with Crippen LogP contribution in [0, 0.1) is 0 Å². The first-order valence-electron chi connectivity index (χ1n) is 3.23.